The summed E-state index contributed by atoms with van der Waals surface area (Å²) in [6.07, 6.45) is 0. The fourth-order valence-corrected chi connectivity index (χ4v) is 4.01. The molecule has 0 aromatic carbocycles. The van der Waals surface area contributed by atoms with Crippen LogP contribution in [0.3, 0.4) is 0 Å². The second-order valence-corrected chi connectivity index (χ2v) is 5.36. The highest BCUT2D eigenvalue weighted by Crippen LogP contribution is 2.44. The maximum Gasteiger partial charge on any atom is 0.0782 e. The maximum absolute atomic E-state index is 2.21. The number of thiophene rings is 1. The number of thioether (sulfide) groups is 2. The first-order chi connectivity index (χ1) is 4.86. The van der Waals surface area contributed by atoms with E-state index in [2.05, 4.69) is 23.8 Å². The summed E-state index contributed by atoms with van der Waals surface area (Å²) in [5, 5.41) is 4.36. The van der Waals surface area contributed by atoms with E-state index < -0.39 is 0 Å². The lowest BCUT2D eigenvalue weighted by atomic mass is 10.7. The van der Waals surface area contributed by atoms with Gasteiger partial charge in [0.25, 0.3) is 0 Å². The van der Waals surface area contributed by atoms with E-state index in [-0.39, 0.29) is 0 Å². The van der Waals surface area contributed by atoms with Crippen LogP contribution in [0.25, 0.3) is 0 Å². The standard InChI is InChI=1S/C7H6S3/c1-5-4-9-6-2-3-8-7(6)10-5/h2-4H,1H3. The van der Waals surface area contributed by atoms with Gasteiger partial charge in [0.15, 0.2) is 0 Å². The number of fused-ring (bicyclic) bond motifs is 1. The van der Waals surface area contributed by atoms with Crippen molar-refractivity contribution in [2.24, 2.45) is 0 Å². The van der Waals surface area contributed by atoms with Crippen molar-refractivity contribution in [1.29, 1.82) is 0 Å². The molecule has 1 aromatic heterocycles. The van der Waals surface area contributed by atoms with E-state index in [1.54, 1.807) is 0 Å². The van der Waals surface area contributed by atoms with Crippen LogP contribution < -0.4 is 0 Å². The predicted octanol–water partition coefficient (Wildman–Crippen LogP) is 3.81. The highest BCUT2D eigenvalue weighted by atomic mass is 32.2. The van der Waals surface area contributed by atoms with E-state index in [9.17, 15) is 0 Å². The molecule has 0 atom stereocenters. The second kappa shape index (κ2) is 2.64. The molecule has 0 saturated carbocycles. The molecule has 52 valence electrons. The third kappa shape index (κ3) is 1.13. The summed E-state index contributed by atoms with van der Waals surface area (Å²) in [6.45, 7) is 2.15. The minimum atomic E-state index is 1.40. The van der Waals surface area contributed by atoms with Crippen molar-refractivity contribution in [2.45, 2.75) is 16.0 Å². The zero-order valence-corrected chi connectivity index (χ0v) is 7.91. The highest BCUT2D eigenvalue weighted by molar-refractivity contribution is 8.09. The summed E-state index contributed by atoms with van der Waals surface area (Å²) < 4.78 is 1.45. The molecule has 10 heavy (non-hydrogen) atoms. The first-order valence-electron chi connectivity index (χ1n) is 2.95. The maximum atomic E-state index is 2.21. The molecular weight excluding hydrogens is 180 g/mol. The van der Waals surface area contributed by atoms with Crippen LogP contribution in [0.15, 0.2) is 30.9 Å². The molecule has 0 amide bonds. The molecule has 2 rings (SSSR count). The Kier molecular flexibility index (Phi) is 1.80. The van der Waals surface area contributed by atoms with Crippen molar-refractivity contribution in [3.63, 3.8) is 0 Å². The SMILES string of the molecule is CC1=CSc2ccsc2S1. The number of hydrogen-bond donors (Lipinski definition) is 0. The van der Waals surface area contributed by atoms with Gasteiger partial charge in [0, 0.05) is 4.90 Å². The number of allylic oxidation sites excluding steroid dienone is 1. The van der Waals surface area contributed by atoms with Gasteiger partial charge in [0.05, 0.1) is 4.21 Å². The van der Waals surface area contributed by atoms with Gasteiger partial charge in [0.1, 0.15) is 0 Å². The molecule has 1 aromatic rings. The molecule has 0 N–H and O–H groups in total. The fraction of sp³-hybridized carbons (Fsp3) is 0.143. The van der Waals surface area contributed by atoms with Gasteiger partial charge in [-0.25, -0.2) is 0 Å². The lowest BCUT2D eigenvalue weighted by molar-refractivity contribution is 1.40. The van der Waals surface area contributed by atoms with Crippen LogP contribution in [0.2, 0.25) is 0 Å². The zero-order valence-electron chi connectivity index (χ0n) is 5.46. The molecule has 0 bridgehead atoms. The lowest BCUT2D eigenvalue weighted by Crippen LogP contribution is -1.74. The average molecular weight is 186 g/mol. The molecule has 0 saturated heterocycles. The van der Waals surface area contributed by atoms with E-state index in [1.165, 1.54) is 14.0 Å². The van der Waals surface area contributed by atoms with Crippen molar-refractivity contribution in [3.05, 3.63) is 21.8 Å². The van der Waals surface area contributed by atoms with E-state index in [4.69, 9.17) is 0 Å². The van der Waals surface area contributed by atoms with Crippen molar-refractivity contribution < 1.29 is 0 Å². The van der Waals surface area contributed by atoms with Crippen LogP contribution in [0, 0.1) is 0 Å². The molecule has 3 heteroatoms. The van der Waals surface area contributed by atoms with E-state index in [0.717, 1.165) is 0 Å². The van der Waals surface area contributed by atoms with Gasteiger partial charge in [-0.2, -0.15) is 0 Å². The first-order valence-corrected chi connectivity index (χ1v) is 5.52. The summed E-state index contributed by atoms with van der Waals surface area (Å²) in [7, 11) is 0. The Morgan fingerprint density at radius 2 is 2.30 bits per heavy atom. The van der Waals surface area contributed by atoms with Gasteiger partial charge in [-0.1, -0.05) is 23.5 Å². The molecule has 1 aliphatic heterocycles. The smallest absolute Gasteiger partial charge is 0.0782 e. The van der Waals surface area contributed by atoms with Gasteiger partial charge < -0.3 is 0 Å². The highest BCUT2D eigenvalue weighted by Gasteiger charge is 2.09. The number of hydrogen-bond acceptors (Lipinski definition) is 3. The molecule has 1 aliphatic rings. The third-order valence-electron chi connectivity index (χ3n) is 1.20. The summed E-state index contributed by atoms with van der Waals surface area (Å²) in [4.78, 5) is 2.82. The lowest BCUT2D eigenvalue weighted by Gasteiger charge is -2.06. The Balaban J connectivity index is 2.39. The van der Waals surface area contributed by atoms with E-state index >= 15 is 0 Å². The Bertz CT molecular complexity index is 272. The van der Waals surface area contributed by atoms with Gasteiger partial charge in [-0.05, 0) is 28.7 Å². The Morgan fingerprint density at radius 1 is 1.40 bits per heavy atom. The quantitative estimate of drug-likeness (QED) is 0.604. The van der Waals surface area contributed by atoms with Crippen LogP contribution in [0.1, 0.15) is 6.92 Å². The van der Waals surface area contributed by atoms with Crippen LogP contribution in [-0.4, -0.2) is 0 Å². The summed E-state index contributed by atoms with van der Waals surface area (Å²) in [5.74, 6) is 0. The second-order valence-electron chi connectivity index (χ2n) is 2.02. The van der Waals surface area contributed by atoms with Gasteiger partial charge in [-0.15, -0.1) is 11.3 Å². The molecule has 2 heterocycles. The summed E-state index contributed by atoms with van der Waals surface area (Å²) in [6, 6.07) is 2.18. The van der Waals surface area contributed by atoms with Crippen molar-refractivity contribution in [1.82, 2.24) is 0 Å². The first kappa shape index (κ1) is 6.83. The zero-order chi connectivity index (χ0) is 6.97. The average Bonchev–Trinajstić information content (AvgIpc) is 2.33. The van der Waals surface area contributed by atoms with Crippen molar-refractivity contribution >= 4 is 34.9 Å². The fourth-order valence-electron chi connectivity index (χ4n) is 0.762. The topological polar surface area (TPSA) is 0 Å². The molecule has 0 nitrogen and oxygen atoms in total. The van der Waals surface area contributed by atoms with Crippen LogP contribution in [0.5, 0.6) is 0 Å². The van der Waals surface area contributed by atoms with Gasteiger partial charge >= 0.3 is 0 Å². The van der Waals surface area contributed by atoms with Crippen LogP contribution >= 0.6 is 34.9 Å². The normalized spacial score (nSPS) is 16.3. The van der Waals surface area contributed by atoms with Crippen LogP contribution in [0.4, 0.5) is 0 Å². The Hall–Kier alpha value is 0.140. The molecule has 0 aliphatic carbocycles. The minimum Gasteiger partial charge on any atom is -0.136 e. The van der Waals surface area contributed by atoms with Crippen molar-refractivity contribution in [2.75, 3.05) is 0 Å². The molecular formula is C7H6S3. The third-order valence-corrected chi connectivity index (χ3v) is 4.76. The summed E-state index contributed by atoms with van der Waals surface area (Å²) >= 11 is 5.54. The largest absolute Gasteiger partial charge is 0.136 e. The molecule has 0 spiro atoms. The predicted molar refractivity (Wildman–Crippen MR) is 49.8 cm³/mol. The van der Waals surface area contributed by atoms with E-state index in [0.29, 0.717) is 0 Å². The van der Waals surface area contributed by atoms with Gasteiger partial charge in [-0.3, -0.25) is 0 Å². The Morgan fingerprint density at radius 3 is 3.20 bits per heavy atom. The van der Waals surface area contributed by atoms with E-state index in [1.807, 2.05) is 34.9 Å². The Labute approximate surface area is 72.7 Å². The molecule has 0 radical (unpaired) electrons. The molecule has 0 fully saturated rings. The molecule has 0 unspecified atom stereocenters. The monoisotopic (exact) mass is 186 g/mol. The van der Waals surface area contributed by atoms with Crippen LogP contribution in [-0.2, 0) is 0 Å². The van der Waals surface area contributed by atoms with Crippen molar-refractivity contribution in [3.8, 4) is 0 Å². The summed E-state index contributed by atoms with van der Waals surface area (Å²) in [5.41, 5.74) is 0. The van der Waals surface area contributed by atoms with Gasteiger partial charge in [0.2, 0.25) is 0 Å². The number of rotatable bonds is 0. The minimum absolute atomic E-state index is 1.40.